The van der Waals surface area contributed by atoms with Crippen molar-refractivity contribution >= 4 is 35.1 Å². The fraction of sp³-hybridized carbons (Fsp3) is 0.158. The summed E-state index contributed by atoms with van der Waals surface area (Å²) in [6.45, 7) is 0. The van der Waals surface area contributed by atoms with Gasteiger partial charge in [0.05, 0.1) is 36.6 Å². The molecular formula is C19H15F3N2O6. The number of hydrogen-bond donors (Lipinski definition) is 2. The first-order valence-electron chi connectivity index (χ1n) is 8.17. The Labute approximate surface area is 168 Å². The molecule has 0 spiro atoms. The molecule has 0 bridgehead atoms. The Morgan fingerprint density at radius 3 is 2.07 bits per heavy atom. The number of esters is 2. The lowest BCUT2D eigenvalue weighted by atomic mass is 10.1. The number of anilines is 2. The van der Waals surface area contributed by atoms with Gasteiger partial charge in [0.25, 0.3) is 0 Å². The van der Waals surface area contributed by atoms with Crippen molar-refractivity contribution in [3.63, 3.8) is 0 Å². The molecule has 0 aliphatic carbocycles. The normalized spacial score (nSPS) is 10.7. The van der Waals surface area contributed by atoms with Crippen LogP contribution in [0.2, 0.25) is 0 Å². The van der Waals surface area contributed by atoms with E-state index < -0.39 is 35.5 Å². The largest absolute Gasteiger partial charge is 0.465 e. The smallest absolute Gasteiger partial charge is 0.416 e. The fourth-order valence-corrected chi connectivity index (χ4v) is 2.32. The molecule has 0 aliphatic heterocycles. The third-order valence-corrected chi connectivity index (χ3v) is 3.75. The Bertz CT molecular complexity index is 1000. The number of nitrogens with one attached hydrogen (secondary N) is 2. The van der Waals surface area contributed by atoms with Crippen LogP contribution < -0.4 is 10.6 Å². The zero-order valence-corrected chi connectivity index (χ0v) is 15.6. The van der Waals surface area contributed by atoms with E-state index in [0.29, 0.717) is 6.07 Å². The average molecular weight is 424 g/mol. The second kappa shape index (κ2) is 9.07. The van der Waals surface area contributed by atoms with Gasteiger partial charge in [-0.15, -0.1) is 0 Å². The zero-order chi connectivity index (χ0) is 22.5. The molecule has 2 N–H and O–H groups in total. The van der Waals surface area contributed by atoms with Crippen molar-refractivity contribution in [1.82, 2.24) is 0 Å². The maximum Gasteiger partial charge on any atom is 0.416 e. The lowest BCUT2D eigenvalue weighted by Gasteiger charge is -2.12. The summed E-state index contributed by atoms with van der Waals surface area (Å²) in [5, 5.41) is 4.16. The van der Waals surface area contributed by atoms with Crippen LogP contribution in [0.1, 0.15) is 26.3 Å². The molecule has 2 amide bonds. The summed E-state index contributed by atoms with van der Waals surface area (Å²) in [6.07, 6.45) is -4.63. The lowest BCUT2D eigenvalue weighted by Crippen LogP contribution is -2.30. The molecule has 0 fully saturated rings. The Kier molecular flexibility index (Phi) is 6.77. The fourth-order valence-electron chi connectivity index (χ4n) is 2.32. The Morgan fingerprint density at radius 1 is 0.833 bits per heavy atom. The number of alkyl halides is 3. The minimum absolute atomic E-state index is 0.0289. The average Bonchev–Trinajstić information content (AvgIpc) is 2.72. The van der Waals surface area contributed by atoms with Gasteiger partial charge in [-0.05, 0) is 36.4 Å². The molecule has 0 radical (unpaired) electrons. The van der Waals surface area contributed by atoms with Crippen LogP contribution in [0.25, 0.3) is 0 Å². The van der Waals surface area contributed by atoms with E-state index in [4.69, 9.17) is 0 Å². The van der Waals surface area contributed by atoms with Crippen molar-refractivity contribution in [3.05, 3.63) is 59.2 Å². The van der Waals surface area contributed by atoms with Crippen LogP contribution in [0.15, 0.2) is 42.5 Å². The van der Waals surface area contributed by atoms with Crippen LogP contribution in [-0.2, 0) is 25.2 Å². The molecular weight excluding hydrogens is 409 g/mol. The monoisotopic (exact) mass is 424 g/mol. The van der Waals surface area contributed by atoms with Crippen molar-refractivity contribution in [2.24, 2.45) is 0 Å². The highest BCUT2D eigenvalue weighted by Gasteiger charge is 2.30. The van der Waals surface area contributed by atoms with E-state index in [1.165, 1.54) is 12.1 Å². The standard InChI is InChI=1S/C19H15F3N2O6/c1-29-17(27)10-6-7-13(18(28)30-2)14(8-10)24-16(26)15(25)23-12-5-3-4-11(9-12)19(20,21)22/h3-9H,1-2H3,(H,23,25)(H,24,26). The van der Waals surface area contributed by atoms with Gasteiger partial charge in [0.15, 0.2) is 0 Å². The van der Waals surface area contributed by atoms with E-state index in [1.807, 2.05) is 5.32 Å². The molecule has 158 valence electrons. The van der Waals surface area contributed by atoms with Crippen molar-refractivity contribution in [1.29, 1.82) is 0 Å². The van der Waals surface area contributed by atoms with Gasteiger partial charge < -0.3 is 20.1 Å². The van der Waals surface area contributed by atoms with Crippen LogP contribution in [0.5, 0.6) is 0 Å². The van der Waals surface area contributed by atoms with Crippen LogP contribution in [0, 0.1) is 0 Å². The van der Waals surface area contributed by atoms with Gasteiger partial charge >= 0.3 is 29.9 Å². The lowest BCUT2D eigenvalue weighted by molar-refractivity contribution is -0.137. The van der Waals surface area contributed by atoms with Crippen LogP contribution in [0.3, 0.4) is 0 Å². The minimum atomic E-state index is -4.63. The van der Waals surface area contributed by atoms with E-state index in [-0.39, 0.29) is 22.5 Å². The number of amides is 2. The molecule has 2 rings (SSSR count). The quantitative estimate of drug-likeness (QED) is 0.577. The van der Waals surface area contributed by atoms with E-state index >= 15 is 0 Å². The first kappa shape index (κ1) is 22.4. The maximum absolute atomic E-state index is 12.8. The van der Waals surface area contributed by atoms with Crippen LogP contribution >= 0.6 is 0 Å². The molecule has 0 aromatic heterocycles. The molecule has 0 unspecified atom stereocenters. The summed E-state index contributed by atoms with van der Waals surface area (Å²) in [5.74, 6) is -4.22. The Morgan fingerprint density at radius 2 is 1.47 bits per heavy atom. The number of hydrogen-bond acceptors (Lipinski definition) is 6. The first-order chi connectivity index (χ1) is 14.1. The van der Waals surface area contributed by atoms with E-state index in [0.717, 1.165) is 38.5 Å². The van der Waals surface area contributed by atoms with Gasteiger partial charge in [-0.2, -0.15) is 13.2 Å². The maximum atomic E-state index is 12.8. The van der Waals surface area contributed by atoms with Gasteiger partial charge in [0.2, 0.25) is 0 Å². The van der Waals surface area contributed by atoms with Crippen molar-refractivity contribution < 1.29 is 41.8 Å². The highest BCUT2D eigenvalue weighted by molar-refractivity contribution is 6.44. The number of carbonyl (C=O) groups is 4. The first-order valence-corrected chi connectivity index (χ1v) is 8.17. The predicted molar refractivity (Wildman–Crippen MR) is 97.8 cm³/mol. The molecule has 2 aromatic carbocycles. The van der Waals surface area contributed by atoms with Crippen LogP contribution in [-0.4, -0.2) is 38.0 Å². The second-order valence-electron chi connectivity index (χ2n) is 5.73. The molecule has 30 heavy (non-hydrogen) atoms. The number of rotatable bonds is 4. The summed E-state index contributed by atoms with van der Waals surface area (Å²) in [7, 11) is 2.21. The zero-order valence-electron chi connectivity index (χ0n) is 15.6. The summed E-state index contributed by atoms with van der Waals surface area (Å²) >= 11 is 0. The van der Waals surface area contributed by atoms with E-state index in [9.17, 15) is 32.3 Å². The third kappa shape index (κ3) is 5.34. The second-order valence-corrected chi connectivity index (χ2v) is 5.73. The van der Waals surface area contributed by atoms with Gasteiger partial charge in [-0.1, -0.05) is 6.07 Å². The number of halogens is 3. The van der Waals surface area contributed by atoms with Gasteiger partial charge in [0.1, 0.15) is 0 Å². The van der Waals surface area contributed by atoms with Crippen molar-refractivity contribution in [2.45, 2.75) is 6.18 Å². The topological polar surface area (TPSA) is 111 Å². The van der Waals surface area contributed by atoms with E-state index in [1.54, 1.807) is 0 Å². The molecule has 0 saturated heterocycles. The summed E-state index contributed by atoms with van der Waals surface area (Å²) in [6, 6.07) is 7.20. The third-order valence-electron chi connectivity index (χ3n) is 3.75. The number of carbonyl (C=O) groups excluding carboxylic acids is 4. The van der Waals surface area contributed by atoms with Crippen LogP contribution in [0.4, 0.5) is 24.5 Å². The molecule has 0 heterocycles. The summed E-state index contributed by atoms with van der Waals surface area (Å²) in [5.41, 5.74) is -1.70. The molecule has 2 aromatic rings. The van der Waals surface area contributed by atoms with Crippen molar-refractivity contribution in [2.75, 3.05) is 24.9 Å². The van der Waals surface area contributed by atoms with E-state index in [2.05, 4.69) is 14.8 Å². The minimum Gasteiger partial charge on any atom is -0.465 e. The van der Waals surface area contributed by atoms with Gasteiger partial charge in [-0.3, -0.25) is 9.59 Å². The summed E-state index contributed by atoms with van der Waals surface area (Å²) < 4.78 is 47.4. The molecule has 11 heteroatoms. The number of methoxy groups -OCH3 is 2. The highest BCUT2D eigenvalue weighted by Crippen LogP contribution is 2.30. The van der Waals surface area contributed by atoms with Gasteiger partial charge in [0, 0.05) is 5.69 Å². The predicted octanol–water partition coefficient (Wildman–Crippen LogP) is 2.86. The van der Waals surface area contributed by atoms with Crippen molar-refractivity contribution in [3.8, 4) is 0 Å². The Hall–Kier alpha value is -3.89. The molecule has 0 atom stereocenters. The SMILES string of the molecule is COC(=O)c1ccc(C(=O)OC)c(NC(=O)C(=O)Nc2cccc(C(F)(F)F)c2)c1. The molecule has 8 nitrogen and oxygen atoms in total. The highest BCUT2D eigenvalue weighted by atomic mass is 19.4. The summed E-state index contributed by atoms with van der Waals surface area (Å²) in [4.78, 5) is 47.8. The van der Waals surface area contributed by atoms with Gasteiger partial charge in [-0.25, -0.2) is 9.59 Å². The number of ether oxygens (including phenoxy) is 2. The number of benzene rings is 2. The Balaban J connectivity index is 2.25. The molecule has 0 aliphatic rings. The molecule has 0 saturated carbocycles.